The summed E-state index contributed by atoms with van der Waals surface area (Å²) in [6, 6.07) is 16.5. The van der Waals surface area contributed by atoms with Crippen LogP contribution >= 0.6 is 24.0 Å². The molecule has 1 amide bonds. The third-order valence-electron chi connectivity index (χ3n) is 4.45. The van der Waals surface area contributed by atoms with Gasteiger partial charge < -0.3 is 29.8 Å². The van der Waals surface area contributed by atoms with Crippen LogP contribution in [0.25, 0.3) is 0 Å². The Hall–Kier alpha value is -3.21. The molecule has 0 spiro atoms. The van der Waals surface area contributed by atoms with Crippen LogP contribution in [-0.4, -0.2) is 32.1 Å². The van der Waals surface area contributed by atoms with E-state index in [0.717, 1.165) is 17.8 Å². The topological polar surface area (TPSA) is 97.1 Å². The van der Waals surface area contributed by atoms with E-state index in [9.17, 15) is 4.79 Å². The minimum absolute atomic E-state index is 0. The summed E-state index contributed by atoms with van der Waals surface area (Å²) in [5.74, 6) is 1.98. The van der Waals surface area contributed by atoms with Crippen LogP contribution in [0.1, 0.15) is 30.0 Å². The molecule has 0 aliphatic carbocycles. The standard InChI is InChI=1S/C24H28N4O4.HI/c1-4-25-24(28-19-12-13-20(31-5-2)22(15-19)30-3)26-16-17-8-10-18(11-9-17)27-23(29)21-7-6-14-32-21;/h6-15H,4-5,16H2,1-3H3,(H,27,29)(H2,25,26,28);1H. The van der Waals surface area contributed by atoms with Gasteiger partial charge in [-0.25, -0.2) is 4.99 Å². The number of anilines is 2. The van der Waals surface area contributed by atoms with Crippen molar-refractivity contribution in [2.45, 2.75) is 20.4 Å². The van der Waals surface area contributed by atoms with Gasteiger partial charge in [-0.05, 0) is 55.8 Å². The highest BCUT2D eigenvalue weighted by atomic mass is 127. The van der Waals surface area contributed by atoms with Crippen molar-refractivity contribution in [1.29, 1.82) is 0 Å². The van der Waals surface area contributed by atoms with Gasteiger partial charge in [0, 0.05) is 24.0 Å². The number of guanidine groups is 1. The first kappa shape index (κ1) is 26.0. The minimum atomic E-state index is -0.287. The molecule has 33 heavy (non-hydrogen) atoms. The van der Waals surface area contributed by atoms with Gasteiger partial charge in [0.25, 0.3) is 5.91 Å². The van der Waals surface area contributed by atoms with Gasteiger partial charge in [0.1, 0.15) is 0 Å². The first-order valence-corrected chi connectivity index (χ1v) is 10.4. The van der Waals surface area contributed by atoms with Gasteiger partial charge in [-0.2, -0.15) is 0 Å². The highest BCUT2D eigenvalue weighted by Crippen LogP contribution is 2.30. The summed E-state index contributed by atoms with van der Waals surface area (Å²) in [7, 11) is 1.61. The van der Waals surface area contributed by atoms with E-state index in [1.807, 2.05) is 56.3 Å². The SMILES string of the molecule is CCNC(=NCc1ccc(NC(=O)c2ccco2)cc1)Nc1ccc(OCC)c(OC)c1.I. The Morgan fingerprint density at radius 3 is 2.39 bits per heavy atom. The summed E-state index contributed by atoms with van der Waals surface area (Å²) in [5.41, 5.74) is 2.52. The van der Waals surface area contributed by atoms with Crippen LogP contribution in [0.2, 0.25) is 0 Å². The minimum Gasteiger partial charge on any atom is -0.493 e. The average molecular weight is 564 g/mol. The number of nitrogens with one attached hydrogen (secondary N) is 3. The van der Waals surface area contributed by atoms with Gasteiger partial charge in [0.2, 0.25) is 0 Å². The molecule has 0 aliphatic rings. The average Bonchev–Trinajstić information content (AvgIpc) is 3.35. The van der Waals surface area contributed by atoms with Gasteiger partial charge in [-0.15, -0.1) is 24.0 Å². The van der Waals surface area contributed by atoms with Crippen molar-refractivity contribution < 1.29 is 18.7 Å². The number of amides is 1. The number of carbonyl (C=O) groups is 1. The maximum absolute atomic E-state index is 12.1. The predicted octanol–water partition coefficient (Wildman–Crippen LogP) is 5.13. The van der Waals surface area contributed by atoms with Crippen LogP contribution in [0, 0.1) is 0 Å². The summed E-state index contributed by atoms with van der Waals surface area (Å²) >= 11 is 0. The Labute approximate surface area is 210 Å². The summed E-state index contributed by atoms with van der Waals surface area (Å²) in [6.07, 6.45) is 1.47. The molecule has 3 N–H and O–H groups in total. The molecule has 0 atom stereocenters. The molecule has 0 saturated heterocycles. The van der Waals surface area contributed by atoms with Gasteiger partial charge in [0.05, 0.1) is 26.5 Å². The van der Waals surface area contributed by atoms with Gasteiger partial charge in [-0.1, -0.05) is 12.1 Å². The monoisotopic (exact) mass is 564 g/mol. The summed E-state index contributed by atoms with van der Waals surface area (Å²) in [6.45, 7) is 5.69. The molecule has 0 aliphatic heterocycles. The van der Waals surface area contributed by atoms with Crippen LogP contribution in [0.5, 0.6) is 11.5 Å². The largest absolute Gasteiger partial charge is 0.493 e. The maximum atomic E-state index is 12.1. The van der Waals surface area contributed by atoms with E-state index in [0.29, 0.717) is 36.3 Å². The van der Waals surface area contributed by atoms with Crippen molar-refractivity contribution in [2.24, 2.45) is 4.99 Å². The Morgan fingerprint density at radius 1 is 1.00 bits per heavy atom. The van der Waals surface area contributed by atoms with E-state index < -0.39 is 0 Å². The van der Waals surface area contributed by atoms with Crippen LogP contribution in [0.15, 0.2) is 70.3 Å². The van der Waals surface area contributed by atoms with Crippen LogP contribution in [0.3, 0.4) is 0 Å². The number of hydrogen-bond donors (Lipinski definition) is 3. The second-order valence-electron chi connectivity index (χ2n) is 6.75. The number of benzene rings is 2. The smallest absolute Gasteiger partial charge is 0.291 e. The molecule has 9 heteroatoms. The first-order chi connectivity index (χ1) is 15.6. The van der Waals surface area contributed by atoms with Crippen molar-refractivity contribution in [2.75, 3.05) is 30.9 Å². The van der Waals surface area contributed by atoms with Crippen molar-refractivity contribution in [3.63, 3.8) is 0 Å². The van der Waals surface area contributed by atoms with E-state index >= 15 is 0 Å². The fourth-order valence-electron chi connectivity index (χ4n) is 2.93. The lowest BCUT2D eigenvalue weighted by Gasteiger charge is -2.14. The molecule has 3 aromatic rings. The zero-order chi connectivity index (χ0) is 22.8. The van der Waals surface area contributed by atoms with Crippen molar-refractivity contribution >= 4 is 47.2 Å². The van der Waals surface area contributed by atoms with Crippen LogP contribution < -0.4 is 25.4 Å². The molecule has 0 bridgehead atoms. The Kier molecular flexibility index (Phi) is 10.5. The maximum Gasteiger partial charge on any atom is 0.291 e. The van der Waals surface area contributed by atoms with Gasteiger partial charge in [-0.3, -0.25) is 4.79 Å². The Bertz CT molecular complexity index is 1040. The predicted molar refractivity (Wildman–Crippen MR) is 141 cm³/mol. The van der Waals surface area contributed by atoms with E-state index in [4.69, 9.17) is 13.9 Å². The molecule has 0 unspecified atom stereocenters. The van der Waals surface area contributed by atoms with E-state index in [-0.39, 0.29) is 35.6 Å². The zero-order valence-electron chi connectivity index (χ0n) is 18.9. The number of halogens is 1. The Morgan fingerprint density at radius 2 is 1.76 bits per heavy atom. The lowest BCUT2D eigenvalue weighted by molar-refractivity contribution is 0.0996. The van der Waals surface area contributed by atoms with Gasteiger partial charge in [0.15, 0.2) is 23.2 Å². The summed E-state index contributed by atoms with van der Waals surface area (Å²) < 4.78 is 16.1. The number of furan rings is 1. The Balaban J connectivity index is 0.00000385. The molecule has 0 radical (unpaired) electrons. The fourth-order valence-corrected chi connectivity index (χ4v) is 2.93. The van der Waals surface area contributed by atoms with E-state index in [1.165, 1.54) is 6.26 Å². The lowest BCUT2D eigenvalue weighted by Crippen LogP contribution is -2.30. The summed E-state index contributed by atoms with van der Waals surface area (Å²) in [4.78, 5) is 16.7. The van der Waals surface area contributed by atoms with Crippen LogP contribution in [-0.2, 0) is 6.54 Å². The zero-order valence-corrected chi connectivity index (χ0v) is 21.2. The van der Waals surface area contributed by atoms with Crippen molar-refractivity contribution in [1.82, 2.24) is 5.32 Å². The van der Waals surface area contributed by atoms with E-state index in [1.54, 1.807) is 19.2 Å². The number of carbonyl (C=O) groups excluding carboxylic acids is 1. The molecule has 1 aromatic heterocycles. The lowest BCUT2D eigenvalue weighted by atomic mass is 10.2. The molecule has 176 valence electrons. The molecule has 0 fully saturated rings. The second kappa shape index (κ2) is 13.4. The molecule has 2 aromatic carbocycles. The van der Waals surface area contributed by atoms with Crippen molar-refractivity contribution in [3.8, 4) is 11.5 Å². The fraction of sp³-hybridized carbons (Fsp3) is 0.250. The highest BCUT2D eigenvalue weighted by molar-refractivity contribution is 14.0. The van der Waals surface area contributed by atoms with Crippen LogP contribution in [0.4, 0.5) is 11.4 Å². The quantitative estimate of drug-likeness (QED) is 0.189. The third kappa shape index (κ3) is 7.70. The summed E-state index contributed by atoms with van der Waals surface area (Å²) in [5, 5.41) is 9.31. The normalized spacial score (nSPS) is 10.7. The number of nitrogens with zero attached hydrogens (tertiary/aromatic N) is 1. The number of methoxy groups -OCH3 is 1. The molecule has 8 nitrogen and oxygen atoms in total. The number of ether oxygens (including phenoxy) is 2. The number of hydrogen-bond acceptors (Lipinski definition) is 5. The van der Waals surface area contributed by atoms with Gasteiger partial charge >= 0.3 is 0 Å². The molecule has 0 saturated carbocycles. The van der Waals surface area contributed by atoms with Crippen molar-refractivity contribution in [3.05, 3.63) is 72.2 Å². The van der Waals surface area contributed by atoms with E-state index in [2.05, 4.69) is 20.9 Å². The first-order valence-electron chi connectivity index (χ1n) is 10.4. The molecular weight excluding hydrogens is 535 g/mol. The third-order valence-corrected chi connectivity index (χ3v) is 4.45. The second-order valence-corrected chi connectivity index (χ2v) is 6.75. The molecule has 1 heterocycles. The highest BCUT2D eigenvalue weighted by Gasteiger charge is 2.09. The number of rotatable bonds is 9. The molecular formula is C24H29IN4O4. The number of aliphatic imine (C=N–C) groups is 1. The molecule has 3 rings (SSSR count).